The van der Waals surface area contributed by atoms with Crippen LogP contribution in [0, 0.1) is 5.82 Å². The monoisotopic (exact) mass is 271 g/mol. The quantitative estimate of drug-likeness (QED) is 0.775. The van der Waals surface area contributed by atoms with E-state index in [0.29, 0.717) is 11.0 Å². The van der Waals surface area contributed by atoms with Crippen LogP contribution in [-0.2, 0) is 0 Å². The van der Waals surface area contributed by atoms with Gasteiger partial charge in [0.25, 0.3) is 5.56 Å². The topological polar surface area (TPSA) is 67.9 Å². The maximum Gasteiger partial charge on any atom is 0.275 e. The molecule has 0 atom stereocenters. The van der Waals surface area contributed by atoms with Crippen LogP contribution in [-0.4, -0.2) is 22.1 Å². The highest BCUT2D eigenvalue weighted by atomic mass is 19.1. The highest BCUT2D eigenvalue weighted by molar-refractivity contribution is 5.77. The highest BCUT2D eigenvalue weighted by Crippen LogP contribution is 2.25. The molecule has 0 aliphatic carbocycles. The molecule has 0 saturated carbocycles. The molecule has 5 nitrogen and oxygen atoms in total. The van der Waals surface area contributed by atoms with E-state index in [9.17, 15) is 9.18 Å². The van der Waals surface area contributed by atoms with Gasteiger partial charge in [-0.05, 0) is 18.2 Å². The van der Waals surface area contributed by atoms with E-state index in [2.05, 4.69) is 15.0 Å². The molecule has 3 rings (SSSR count). The Kier molecular flexibility index (Phi) is 2.90. The van der Waals surface area contributed by atoms with Gasteiger partial charge in [-0.2, -0.15) is 0 Å². The lowest BCUT2D eigenvalue weighted by Gasteiger charge is -2.07. The van der Waals surface area contributed by atoms with Crippen LogP contribution in [0.25, 0.3) is 22.3 Å². The Morgan fingerprint density at radius 3 is 2.90 bits per heavy atom. The average Bonchev–Trinajstić information content (AvgIpc) is 2.46. The van der Waals surface area contributed by atoms with Crippen LogP contribution in [0.3, 0.4) is 0 Å². The van der Waals surface area contributed by atoms with Crippen molar-refractivity contribution in [2.45, 2.75) is 0 Å². The van der Waals surface area contributed by atoms with E-state index in [1.54, 1.807) is 24.3 Å². The number of nitrogens with zero attached hydrogens (tertiary/aromatic N) is 2. The molecule has 3 aromatic rings. The summed E-state index contributed by atoms with van der Waals surface area (Å²) < 4.78 is 18.4. The molecule has 0 fully saturated rings. The van der Waals surface area contributed by atoms with Gasteiger partial charge in [0.15, 0.2) is 0 Å². The van der Waals surface area contributed by atoms with Gasteiger partial charge >= 0.3 is 0 Å². The summed E-state index contributed by atoms with van der Waals surface area (Å²) in [4.78, 5) is 22.9. The van der Waals surface area contributed by atoms with Crippen molar-refractivity contribution in [3.8, 4) is 17.1 Å². The van der Waals surface area contributed by atoms with E-state index in [-0.39, 0.29) is 17.1 Å². The normalized spacial score (nSPS) is 10.7. The summed E-state index contributed by atoms with van der Waals surface area (Å²) in [7, 11) is 1.40. The molecule has 0 bridgehead atoms. The number of halogens is 1. The van der Waals surface area contributed by atoms with Crippen LogP contribution in [0.15, 0.2) is 41.3 Å². The number of H-pyrrole nitrogens is 1. The number of rotatable bonds is 2. The van der Waals surface area contributed by atoms with Crippen LogP contribution in [0.4, 0.5) is 4.39 Å². The molecule has 0 aliphatic rings. The first-order valence-corrected chi connectivity index (χ1v) is 5.88. The summed E-state index contributed by atoms with van der Waals surface area (Å²) in [5.74, 6) is -0.408. The number of methoxy groups -OCH3 is 1. The summed E-state index contributed by atoms with van der Waals surface area (Å²) in [6, 6.07) is 8.28. The van der Waals surface area contributed by atoms with Crippen LogP contribution in [0.5, 0.6) is 5.88 Å². The Labute approximate surface area is 113 Å². The minimum absolute atomic E-state index is 0.0764. The van der Waals surface area contributed by atoms with Crippen molar-refractivity contribution in [3.05, 3.63) is 52.7 Å². The summed E-state index contributed by atoms with van der Waals surface area (Å²) in [5.41, 5.74) is 1.10. The molecule has 2 heterocycles. The highest BCUT2D eigenvalue weighted by Gasteiger charge is 2.14. The number of fused-ring (bicyclic) bond motifs is 1. The number of para-hydroxylation sites is 2. The summed E-state index contributed by atoms with van der Waals surface area (Å²) in [6.07, 6.45) is 1.03. The third-order valence-corrected chi connectivity index (χ3v) is 2.87. The van der Waals surface area contributed by atoms with Gasteiger partial charge in [0.2, 0.25) is 5.88 Å². The number of hydrogen-bond donors (Lipinski definition) is 1. The summed E-state index contributed by atoms with van der Waals surface area (Å²) in [6.45, 7) is 0. The predicted molar refractivity (Wildman–Crippen MR) is 72.1 cm³/mol. The van der Waals surface area contributed by atoms with E-state index < -0.39 is 11.4 Å². The van der Waals surface area contributed by atoms with Crippen molar-refractivity contribution in [1.82, 2.24) is 15.0 Å². The lowest BCUT2D eigenvalue weighted by Crippen LogP contribution is -2.12. The van der Waals surface area contributed by atoms with Gasteiger partial charge < -0.3 is 9.72 Å². The Bertz CT molecular complexity index is 845. The number of benzene rings is 1. The fourth-order valence-electron chi connectivity index (χ4n) is 1.97. The Hall–Kier alpha value is -2.76. The second kappa shape index (κ2) is 4.73. The van der Waals surface area contributed by atoms with Gasteiger partial charge in [0.05, 0.1) is 29.9 Å². The summed E-state index contributed by atoms with van der Waals surface area (Å²) in [5, 5.41) is 0. The standard InChI is InChI=1S/C14H10FN3O2/c1-20-14-9(6-8(15)7-16-14)12-13(19)18-11-5-3-2-4-10(11)17-12/h2-7H,1H3,(H,18,19). The van der Waals surface area contributed by atoms with Gasteiger partial charge in [0, 0.05) is 0 Å². The number of aromatic amines is 1. The molecule has 1 N–H and O–H groups in total. The lowest BCUT2D eigenvalue weighted by molar-refractivity contribution is 0.397. The molecule has 100 valence electrons. The largest absolute Gasteiger partial charge is 0.481 e. The molecular weight excluding hydrogens is 261 g/mol. The van der Waals surface area contributed by atoms with Gasteiger partial charge in [-0.15, -0.1) is 0 Å². The van der Waals surface area contributed by atoms with Gasteiger partial charge in [-0.1, -0.05) is 12.1 Å². The van der Waals surface area contributed by atoms with Crippen molar-refractivity contribution in [3.63, 3.8) is 0 Å². The van der Waals surface area contributed by atoms with E-state index in [1.807, 2.05) is 0 Å². The van der Waals surface area contributed by atoms with Crippen molar-refractivity contribution in [2.24, 2.45) is 0 Å². The van der Waals surface area contributed by atoms with Gasteiger partial charge in [-0.3, -0.25) is 4.79 Å². The molecule has 0 spiro atoms. The first kappa shape index (κ1) is 12.3. The van der Waals surface area contributed by atoms with Crippen molar-refractivity contribution in [1.29, 1.82) is 0 Å². The number of hydrogen-bond acceptors (Lipinski definition) is 4. The van der Waals surface area contributed by atoms with Crippen molar-refractivity contribution >= 4 is 11.0 Å². The third-order valence-electron chi connectivity index (χ3n) is 2.87. The molecule has 0 saturated heterocycles. The van der Waals surface area contributed by atoms with E-state index in [0.717, 1.165) is 6.20 Å². The lowest BCUT2D eigenvalue weighted by atomic mass is 10.2. The molecule has 0 radical (unpaired) electrons. The Morgan fingerprint density at radius 1 is 1.30 bits per heavy atom. The number of pyridine rings is 1. The van der Waals surface area contributed by atoms with E-state index >= 15 is 0 Å². The zero-order chi connectivity index (χ0) is 14.1. The fourth-order valence-corrected chi connectivity index (χ4v) is 1.97. The summed E-state index contributed by atoms with van der Waals surface area (Å²) >= 11 is 0. The number of aromatic nitrogens is 3. The van der Waals surface area contributed by atoms with Crippen LogP contribution >= 0.6 is 0 Å². The minimum Gasteiger partial charge on any atom is -0.481 e. The molecule has 0 aliphatic heterocycles. The SMILES string of the molecule is COc1ncc(F)cc1-c1nc2ccccc2[nH]c1=O. The molecular formula is C14H10FN3O2. The molecule has 0 amide bonds. The minimum atomic E-state index is -0.560. The van der Waals surface area contributed by atoms with Crippen molar-refractivity contribution < 1.29 is 9.13 Å². The van der Waals surface area contributed by atoms with Crippen LogP contribution < -0.4 is 10.3 Å². The first-order valence-electron chi connectivity index (χ1n) is 5.88. The fraction of sp³-hybridized carbons (Fsp3) is 0.0714. The van der Waals surface area contributed by atoms with E-state index in [4.69, 9.17) is 4.74 Å². The van der Waals surface area contributed by atoms with Crippen LogP contribution in [0.2, 0.25) is 0 Å². The molecule has 6 heteroatoms. The molecule has 2 aromatic heterocycles. The Morgan fingerprint density at radius 2 is 2.10 bits per heavy atom. The second-order valence-electron chi connectivity index (χ2n) is 4.14. The third kappa shape index (κ3) is 2.01. The maximum atomic E-state index is 13.4. The van der Waals surface area contributed by atoms with Gasteiger partial charge in [0.1, 0.15) is 11.5 Å². The smallest absolute Gasteiger partial charge is 0.275 e. The first-order chi connectivity index (χ1) is 9.69. The predicted octanol–water partition coefficient (Wildman–Crippen LogP) is 2.13. The average molecular weight is 271 g/mol. The van der Waals surface area contributed by atoms with Crippen LogP contribution in [0.1, 0.15) is 0 Å². The van der Waals surface area contributed by atoms with Crippen molar-refractivity contribution in [2.75, 3.05) is 7.11 Å². The molecule has 1 aromatic carbocycles. The van der Waals surface area contributed by atoms with Gasteiger partial charge in [-0.25, -0.2) is 14.4 Å². The zero-order valence-corrected chi connectivity index (χ0v) is 10.6. The second-order valence-corrected chi connectivity index (χ2v) is 4.14. The Balaban J connectivity index is 2.32. The molecule has 20 heavy (non-hydrogen) atoms. The van der Waals surface area contributed by atoms with E-state index in [1.165, 1.54) is 13.2 Å². The molecule has 0 unspecified atom stereocenters. The maximum absolute atomic E-state index is 13.4. The number of nitrogens with one attached hydrogen (secondary N) is 1. The number of ether oxygens (including phenoxy) is 1. The zero-order valence-electron chi connectivity index (χ0n) is 10.6.